The number of rotatable bonds is 2. The van der Waals surface area contributed by atoms with Crippen molar-refractivity contribution >= 4 is 5.97 Å². The zero-order valence-corrected chi connectivity index (χ0v) is 11.6. The average molecular weight is 251 g/mol. The quantitative estimate of drug-likeness (QED) is 0.750. The van der Waals surface area contributed by atoms with Crippen molar-refractivity contribution in [3.8, 4) is 0 Å². The molecule has 0 amide bonds. The highest BCUT2D eigenvalue weighted by Gasteiger charge is 2.27. The van der Waals surface area contributed by atoms with Gasteiger partial charge in [0.15, 0.2) is 5.69 Å². The Morgan fingerprint density at radius 1 is 1.44 bits per heavy atom. The second-order valence-electron chi connectivity index (χ2n) is 5.56. The number of fused-ring (bicyclic) bond motifs is 1. The maximum absolute atomic E-state index is 11.6. The van der Waals surface area contributed by atoms with E-state index in [1.807, 2.05) is 10.7 Å². The lowest BCUT2D eigenvalue weighted by Gasteiger charge is -2.38. The van der Waals surface area contributed by atoms with E-state index in [2.05, 4.69) is 30.8 Å². The first-order valence-corrected chi connectivity index (χ1v) is 6.40. The molecule has 1 aromatic heterocycles. The number of nitrogens with zero attached hydrogens (tertiary/aromatic N) is 3. The summed E-state index contributed by atoms with van der Waals surface area (Å²) in [5.74, 6) is -0.332. The van der Waals surface area contributed by atoms with Crippen molar-refractivity contribution < 1.29 is 9.53 Å². The third-order valence-corrected chi connectivity index (χ3v) is 3.23. The summed E-state index contributed by atoms with van der Waals surface area (Å²) in [7, 11) is 0. The van der Waals surface area contributed by atoms with E-state index in [-0.39, 0.29) is 11.5 Å². The van der Waals surface area contributed by atoms with Crippen molar-refractivity contribution in [1.82, 2.24) is 14.7 Å². The van der Waals surface area contributed by atoms with E-state index < -0.39 is 0 Å². The Morgan fingerprint density at radius 2 is 2.17 bits per heavy atom. The van der Waals surface area contributed by atoms with Gasteiger partial charge in [-0.2, -0.15) is 5.10 Å². The van der Waals surface area contributed by atoms with Crippen LogP contribution in [0.5, 0.6) is 0 Å². The smallest absolute Gasteiger partial charge is 0.358 e. The van der Waals surface area contributed by atoms with E-state index in [4.69, 9.17) is 4.74 Å². The lowest BCUT2D eigenvalue weighted by molar-refractivity contribution is 0.0517. The normalized spacial score (nSPS) is 16.4. The maximum Gasteiger partial charge on any atom is 0.358 e. The topological polar surface area (TPSA) is 47.4 Å². The Labute approximate surface area is 108 Å². The molecule has 2 heterocycles. The fraction of sp³-hybridized carbons (Fsp3) is 0.692. The van der Waals surface area contributed by atoms with Gasteiger partial charge in [0.05, 0.1) is 18.8 Å². The molecule has 5 nitrogen and oxygen atoms in total. The van der Waals surface area contributed by atoms with Crippen LogP contribution in [0.15, 0.2) is 6.07 Å². The molecule has 0 aromatic carbocycles. The number of aromatic nitrogens is 2. The van der Waals surface area contributed by atoms with Gasteiger partial charge in [-0.3, -0.25) is 9.58 Å². The number of carbonyl (C=O) groups is 1. The van der Waals surface area contributed by atoms with Crippen molar-refractivity contribution in [3.05, 3.63) is 17.5 Å². The predicted octanol–water partition coefficient (Wildman–Crippen LogP) is 1.67. The van der Waals surface area contributed by atoms with E-state index in [9.17, 15) is 4.79 Å². The molecule has 0 saturated carbocycles. The molecule has 0 atom stereocenters. The SMILES string of the molecule is CCOC(=O)c1cc2n(n1)CCN(C(C)(C)C)C2. The van der Waals surface area contributed by atoms with E-state index in [1.54, 1.807) is 6.92 Å². The zero-order valence-electron chi connectivity index (χ0n) is 11.6. The van der Waals surface area contributed by atoms with Crippen molar-refractivity contribution in [2.75, 3.05) is 13.2 Å². The molecule has 1 aliphatic rings. The van der Waals surface area contributed by atoms with Gasteiger partial charge in [0.2, 0.25) is 0 Å². The molecule has 0 radical (unpaired) electrons. The van der Waals surface area contributed by atoms with Gasteiger partial charge >= 0.3 is 5.97 Å². The molecule has 100 valence electrons. The number of esters is 1. The first-order chi connectivity index (χ1) is 8.41. The molecule has 0 unspecified atom stereocenters. The highest BCUT2D eigenvalue weighted by molar-refractivity contribution is 5.87. The molecule has 0 bridgehead atoms. The van der Waals surface area contributed by atoms with Gasteiger partial charge in [0.1, 0.15) is 0 Å². The molecule has 0 saturated heterocycles. The van der Waals surface area contributed by atoms with Crippen LogP contribution in [-0.4, -0.2) is 39.3 Å². The van der Waals surface area contributed by atoms with E-state index in [1.165, 1.54) is 0 Å². The van der Waals surface area contributed by atoms with Gasteiger partial charge in [-0.25, -0.2) is 4.79 Å². The zero-order chi connectivity index (χ0) is 13.3. The maximum atomic E-state index is 11.6. The lowest BCUT2D eigenvalue weighted by Crippen LogP contribution is -2.45. The second kappa shape index (κ2) is 4.72. The number of carbonyl (C=O) groups excluding carboxylic acids is 1. The molecule has 5 heteroatoms. The first-order valence-electron chi connectivity index (χ1n) is 6.40. The minimum absolute atomic E-state index is 0.139. The highest BCUT2D eigenvalue weighted by Crippen LogP contribution is 2.21. The van der Waals surface area contributed by atoms with Gasteiger partial charge in [-0.1, -0.05) is 0 Å². The average Bonchev–Trinajstić information content (AvgIpc) is 2.70. The third kappa shape index (κ3) is 2.56. The van der Waals surface area contributed by atoms with Crippen molar-refractivity contribution in [2.24, 2.45) is 0 Å². The second-order valence-corrected chi connectivity index (χ2v) is 5.56. The highest BCUT2D eigenvalue weighted by atomic mass is 16.5. The molecule has 2 rings (SSSR count). The molecular weight excluding hydrogens is 230 g/mol. The van der Waals surface area contributed by atoms with Gasteiger partial charge in [-0.15, -0.1) is 0 Å². The van der Waals surface area contributed by atoms with Crippen molar-refractivity contribution in [3.63, 3.8) is 0 Å². The van der Waals surface area contributed by atoms with Crippen molar-refractivity contribution in [2.45, 2.75) is 46.3 Å². The van der Waals surface area contributed by atoms with Crippen molar-refractivity contribution in [1.29, 1.82) is 0 Å². The Hall–Kier alpha value is -1.36. The first kappa shape index (κ1) is 13.1. The van der Waals surface area contributed by atoms with Gasteiger partial charge < -0.3 is 4.74 Å². The summed E-state index contributed by atoms with van der Waals surface area (Å²) in [6.45, 7) is 11.4. The summed E-state index contributed by atoms with van der Waals surface area (Å²) in [6.07, 6.45) is 0. The third-order valence-electron chi connectivity index (χ3n) is 3.23. The Bertz CT molecular complexity index is 446. The molecule has 0 N–H and O–H groups in total. The van der Waals surface area contributed by atoms with Crippen LogP contribution < -0.4 is 0 Å². The van der Waals surface area contributed by atoms with Crippen LogP contribution >= 0.6 is 0 Å². The molecule has 1 aliphatic heterocycles. The monoisotopic (exact) mass is 251 g/mol. The number of hydrogen-bond acceptors (Lipinski definition) is 4. The summed E-state index contributed by atoms with van der Waals surface area (Å²) >= 11 is 0. The van der Waals surface area contributed by atoms with E-state index in [0.717, 1.165) is 25.3 Å². The summed E-state index contributed by atoms with van der Waals surface area (Å²) in [5.41, 5.74) is 1.64. The molecule has 0 aliphatic carbocycles. The van der Waals surface area contributed by atoms with Crippen LogP contribution in [0.4, 0.5) is 0 Å². The summed E-state index contributed by atoms with van der Waals surface area (Å²) in [4.78, 5) is 14.0. The van der Waals surface area contributed by atoms with Crippen LogP contribution in [0.25, 0.3) is 0 Å². The van der Waals surface area contributed by atoms with Gasteiger partial charge in [0.25, 0.3) is 0 Å². The van der Waals surface area contributed by atoms with Crippen LogP contribution in [0.2, 0.25) is 0 Å². The van der Waals surface area contributed by atoms with Crippen LogP contribution in [0, 0.1) is 0 Å². The lowest BCUT2D eigenvalue weighted by atomic mass is 10.0. The fourth-order valence-corrected chi connectivity index (χ4v) is 2.14. The van der Waals surface area contributed by atoms with Crippen LogP contribution in [-0.2, 0) is 17.8 Å². The van der Waals surface area contributed by atoms with E-state index >= 15 is 0 Å². The van der Waals surface area contributed by atoms with E-state index in [0.29, 0.717) is 12.3 Å². The molecule has 1 aromatic rings. The van der Waals surface area contributed by atoms with Gasteiger partial charge in [-0.05, 0) is 33.8 Å². The standard InChI is InChI=1S/C13H21N3O2/c1-5-18-12(17)11-8-10-9-15(13(2,3)4)6-7-16(10)14-11/h8H,5-7,9H2,1-4H3. The Balaban J connectivity index is 2.16. The van der Waals surface area contributed by atoms with Crippen LogP contribution in [0.3, 0.4) is 0 Å². The predicted molar refractivity (Wildman–Crippen MR) is 68.3 cm³/mol. The molecule has 0 spiro atoms. The Kier molecular flexibility index (Phi) is 3.43. The summed E-state index contributed by atoms with van der Waals surface area (Å²) < 4.78 is 6.88. The fourth-order valence-electron chi connectivity index (χ4n) is 2.14. The minimum Gasteiger partial charge on any atom is -0.461 e. The Morgan fingerprint density at radius 3 is 2.78 bits per heavy atom. The molecule has 0 fully saturated rings. The number of hydrogen-bond donors (Lipinski definition) is 0. The summed E-state index contributed by atoms with van der Waals surface area (Å²) in [6, 6.07) is 1.84. The molecule has 18 heavy (non-hydrogen) atoms. The number of ether oxygens (including phenoxy) is 1. The largest absolute Gasteiger partial charge is 0.461 e. The summed E-state index contributed by atoms with van der Waals surface area (Å²) in [5, 5.41) is 4.30. The minimum atomic E-state index is -0.332. The molecular formula is C13H21N3O2. The van der Waals surface area contributed by atoms with Crippen LogP contribution in [0.1, 0.15) is 43.9 Å². The van der Waals surface area contributed by atoms with Gasteiger partial charge in [0, 0.05) is 18.6 Å².